The zero-order valence-electron chi connectivity index (χ0n) is 10.1. The number of carbonyl (C=O) groups excluding carboxylic acids is 1. The van der Waals surface area contributed by atoms with Crippen LogP contribution in [0.1, 0.15) is 5.69 Å². The number of nitrogens with one attached hydrogen (secondary N) is 1. The molecule has 0 aliphatic heterocycles. The van der Waals surface area contributed by atoms with E-state index in [1.807, 2.05) is 12.1 Å². The van der Waals surface area contributed by atoms with Gasteiger partial charge >= 0.3 is 0 Å². The third-order valence-corrected chi connectivity index (χ3v) is 2.66. The molecule has 0 saturated carbocycles. The van der Waals surface area contributed by atoms with Crippen LogP contribution in [0.3, 0.4) is 0 Å². The first-order chi connectivity index (χ1) is 8.65. The van der Waals surface area contributed by atoms with E-state index >= 15 is 0 Å². The van der Waals surface area contributed by atoms with Crippen LogP contribution in [0.4, 0.5) is 0 Å². The third-order valence-electron chi connectivity index (χ3n) is 2.66. The lowest BCUT2D eigenvalue weighted by Crippen LogP contribution is -2.28. The zero-order chi connectivity index (χ0) is 13.1. The van der Waals surface area contributed by atoms with E-state index in [1.54, 1.807) is 19.2 Å². The van der Waals surface area contributed by atoms with Crippen LogP contribution < -0.4 is 19.6 Å². The van der Waals surface area contributed by atoms with Gasteiger partial charge in [0.2, 0.25) is 0 Å². The molecule has 2 rings (SSSR count). The van der Waals surface area contributed by atoms with Crippen LogP contribution in [0.5, 0.6) is 11.5 Å². The summed E-state index contributed by atoms with van der Waals surface area (Å²) >= 11 is 0. The highest BCUT2D eigenvalue weighted by Gasteiger charge is 2.16. The number of aromatic nitrogens is 1. The number of H-pyrrole nitrogens is 1. The number of methoxy groups -OCH3 is 2. The largest absolute Gasteiger partial charge is 0.550 e. The third kappa shape index (κ3) is 2.20. The first-order valence-electron chi connectivity index (χ1n) is 5.41. The second kappa shape index (κ2) is 4.91. The topological polar surface area (TPSA) is 72.7 Å². The second-order valence-electron chi connectivity index (χ2n) is 3.79. The number of hydrogen-bond acceptors (Lipinski definition) is 4. The predicted octanol–water partition coefficient (Wildman–Crippen LogP) is -0.0365. The van der Waals surface area contributed by atoms with Crippen molar-refractivity contribution in [3.8, 4) is 11.5 Å². The Bertz CT molecular complexity index is 595. The van der Waals surface area contributed by atoms with Crippen LogP contribution in [0.25, 0.3) is 10.9 Å². The Kier molecular flexibility index (Phi) is 3.32. The molecule has 0 aliphatic carbocycles. The standard InChI is InChI=1S/C13H13NO4/c1-17-10-5-3-4-9-11(18-2)6-8(7-12(15)16)14-13(9)10/h3-6H,7H2,1-2H3,(H,15,16). The van der Waals surface area contributed by atoms with Crippen molar-refractivity contribution in [3.05, 3.63) is 30.0 Å². The maximum Gasteiger partial charge on any atom is 0.257 e. The minimum atomic E-state index is -1.15. The van der Waals surface area contributed by atoms with Gasteiger partial charge in [-0.2, -0.15) is 0 Å². The number of rotatable bonds is 4. The summed E-state index contributed by atoms with van der Waals surface area (Å²) in [4.78, 5) is 13.7. The monoisotopic (exact) mass is 247 g/mol. The average Bonchev–Trinajstić information content (AvgIpc) is 2.36. The van der Waals surface area contributed by atoms with E-state index < -0.39 is 5.97 Å². The van der Waals surface area contributed by atoms with Gasteiger partial charge in [0, 0.05) is 6.07 Å². The van der Waals surface area contributed by atoms with Crippen molar-refractivity contribution in [1.82, 2.24) is 0 Å². The van der Waals surface area contributed by atoms with Crippen LogP contribution in [0, 0.1) is 0 Å². The molecule has 1 N–H and O–H groups in total. The molecule has 0 amide bonds. The quantitative estimate of drug-likeness (QED) is 0.760. The summed E-state index contributed by atoms with van der Waals surface area (Å²) in [5.74, 6) is 0.0763. The molecule has 2 aromatic rings. The Labute approximate surface area is 104 Å². The minimum absolute atomic E-state index is 0.204. The summed E-state index contributed by atoms with van der Waals surface area (Å²) in [6.45, 7) is 0. The van der Waals surface area contributed by atoms with Crippen molar-refractivity contribution in [2.45, 2.75) is 6.42 Å². The molecule has 18 heavy (non-hydrogen) atoms. The van der Waals surface area contributed by atoms with Crippen molar-refractivity contribution in [1.29, 1.82) is 0 Å². The smallest absolute Gasteiger partial charge is 0.257 e. The molecule has 5 heteroatoms. The number of carboxylic acids is 1. The molecule has 0 atom stereocenters. The van der Waals surface area contributed by atoms with Crippen LogP contribution in [-0.4, -0.2) is 20.2 Å². The lowest BCUT2D eigenvalue weighted by Gasteiger charge is -2.07. The highest BCUT2D eigenvalue weighted by Crippen LogP contribution is 2.29. The summed E-state index contributed by atoms with van der Waals surface area (Å²) in [6.07, 6.45) is -0.204. The number of para-hydroxylation sites is 1. The highest BCUT2D eigenvalue weighted by atomic mass is 16.5. The number of carbonyl (C=O) groups is 1. The summed E-state index contributed by atoms with van der Waals surface area (Å²) in [5, 5.41) is 11.5. The number of ether oxygens (including phenoxy) is 2. The molecule has 0 spiro atoms. The molecule has 0 fully saturated rings. The maximum absolute atomic E-state index is 10.7. The van der Waals surface area contributed by atoms with Crippen LogP contribution >= 0.6 is 0 Å². The first-order valence-corrected chi connectivity index (χ1v) is 5.41. The van der Waals surface area contributed by atoms with Crippen molar-refractivity contribution in [3.63, 3.8) is 0 Å². The number of hydrogen-bond donors (Lipinski definition) is 0. The fourth-order valence-electron chi connectivity index (χ4n) is 1.89. The summed E-state index contributed by atoms with van der Waals surface area (Å²) in [5.41, 5.74) is 1.21. The average molecular weight is 247 g/mol. The van der Waals surface area contributed by atoms with Gasteiger partial charge < -0.3 is 19.4 Å². The Morgan fingerprint density at radius 1 is 1.28 bits per heavy atom. The van der Waals surface area contributed by atoms with E-state index in [0.717, 1.165) is 5.39 Å². The predicted molar refractivity (Wildman–Crippen MR) is 62.3 cm³/mol. The fraction of sp³-hybridized carbons (Fsp3) is 0.231. The van der Waals surface area contributed by atoms with E-state index in [-0.39, 0.29) is 6.42 Å². The van der Waals surface area contributed by atoms with Crippen molar-refractivity contribution >= 4 is 16.9 Å². The fourth-order valence-corrected chi connectivity index (χ4v) is 1.89. The number of carboxylic acid groups (broad SMARTS) is 1. The molecule has 1 aromatic heterocycles. The van der Waals surface area contributed by atoms with Gasteiger partial charge in [-0.05, 0) is 12.1 Å². The Morgan fingerprint density at radius 3 is 2.61 bits per heavy atom. The molecule has 1 heterocycles. The van der Waals surface area contributed by atoms with Gasteiger partial charge in [-0.25, -0.2) is 4.98 Å². The SMILES string of the molecule is COc1cc(CC(=O)[O-])[nH+]c2c(OC)cccc12. The van der Waals surface area contributed by atoms with Gasteiger partial charge in [-0.3, -0.25) is 0 Å². The number of pyridine rings is 1. The molecule has 0 aliphatic rings. The van der Waals surface area contributed by atoms with Gasteiger partial charge in [-0.1, -0.05) is 6.07 Å². The van der Waals surface area contributed by atoms with Gasteiger partial charge in [0.25, 0.3) is 5.52 Å². The molecule has 0 saturated heterocycles. The molecule has 5 nitrogen and oxygen atoms in total. The van der Waals surface area contributed by atoms with Gasteiger partial charge in [0.15, 0.2) is 11.4 Å². The molecule has 0 radical (unpaired) electrons. The number of benzene rings is 1. The first kappa shape index (κ1) is 12.2. The van der Waals surface area contributed by atoms with Crippen molar-refractivity contribution in [2.24, 2.45) is 0 Å². The van der Waals surface area contributed by atoms with E-state index in [4.69, 9.17) is 9.47 Å². The van der Waals surface area contributed by atoms with E-state index in [0.29, 0.717) is 22.7 Å². The van der Waals surface area contributed by atoms with Gasteiger partial charge in [0.05, 0.1) is 32.0 Å². The lowest BCUT2D eigenvalue weighted by atomic mass is 10.1. The highest BCUT2D eigenvalue weighted by molar-refractivity contribution is 5.87. The molecular weight excluding hydrogens is 234 g/mol. The minimum Gasteiger partial charge on any atom is -0.550 e. The summed E-state index contributed by atoms with van der Waals surface area (Å²) in [7, 11) is 3.09. The Balaban J connectivity index is 2.67. The van der Waals surface area contributed by atoms with E-state index in [1.165, 1.54) is 7.11 Å². The van der Waals surface area contributed by atoms with Gasteiger partial charge in [-0.15, -0.1) is 0 Å². The Morgan fingerprint density at radius 2 is 2.00 bits per heavy atom. The van der Waals surface area contributed by atoms with Gasteiger partial charge in [0.1, 0.15) is 5.75 Å². The van der Waals surface area contributed by atoms with Crippen LogP contribution in [-0.2, 0) is 11.2 Å². The summed E-state index contributed by atoms with van der Waals surface area (Å²) < 4.78 is 10.5. The van der Waals surface area contributed by atoms with E-state index in [2.05, 4.69) is 4.98 Å². The summed E-state index contributed by atoms with van der Waals surface area (Å²) in [6, 6.07) is 7.16. The van der Waals surface area contributed by atoms with Crippen molar-refractivity contribution < 1.29 is 24.4 Å². The van der Waals surface area contributed by atoms with Crippen molar-refractivity contribution in [2.75, 3.05) is 14.2 Å². The van der Waals surface area contributed by atoms with Crippen LogP contribution in [0.15, 0.2) is 24.3 Å². The molecule has 1 aromatic carbocycles. The lowest BCUT2D eigenvalue weighted by molar-refractivity contribution is -0.362. The molecule has 94 valence electrons. The number of aromatic amines is 1. The maximum atomic E-state index is 10.7. The van der Waals surface area contributed by atoms with E-state index in [9.17, 15) is 9.90 Å². The number of aliphatic carboxylic acids is 1. The second-order valence-corrected chi connectivity index (χ2v) is 3.79. The number of fused-ring (bicyclic) bond motifs is 1. The van der Waals surface area contributed by atoms with Crippen LogP contribution in [0.2, 0.25) is 0 Å². The molecular formula is C13H13NO4. The molecule has 0 bridgehead atoms. The zero-order valence-corrected chi connectivity index (χ0v) is 10.1. The molecule has 0 unspecified atom stereocenters. The normalized spacial score (nSPS) is 10.3. The Hall–Kier alpha value is -2.30.